The van der Waals surface area contributed by atoms with Crippen LogP contribution in [0.3, 0.4) is 0 Å². The van der Waals surface area contributed by atoms with Gasteiger partial charge in [0.2, 0.25) is 0 Å². The zero-order valence-electron chi connectivity index (χ0n) is 10.1. The molecule has 5 heteroatoms. The second-order valence-corrected chi connectivity index (χ2v) is 3.89. The molecular weight excluding hydrogens is 206 g/mol. The molecule has 92 valence electrons. The van der Waals surface area contributed by atoms with Crippen molar-refractivity contribution in [2.45, 2.75) is 45.3 Å². The smallest absolute Gasteiger partial charge is 0.138 e. The molecule has 16 heavy (non-hydrogen) atoms. The summed E-state index contributed by atoms with van der Waals surface area (Å²) in [5, 5.41) is 13.9. The minimum Gasteiger partial charge on any atom is -0.393 e. The third kappa shape index (κ3) is 4.28. The van der Waals surface area contributed by atoms with Crippen molar-refractivity contribution in [3.05, 3.63) is 12.2 Å². The predicted molar refractivity (Wildman–Crippen MR) is 61.1 cm³/mol. The Hall–Kier alpha value is -0.940. The molecule has 0 bridgehead atoms. The Labute approximate surface area is 96.5 Å². The molecule has 0 radical (unpaired) electrons. The van der Waals surface area contributed by atoms with Gasteiger partial charge < -0.3 is 9.84 Å². The number of aliphatic hydroxyl groups is 1. The maximum atomic E-state index is 9.80. The lowest BCUT2D eigenvalue weighted by atomic mass is 10.1. The SMILES string of the molecule is CCCn1ncnc1CC(O)CCCOC. The monoisotopic (exact) mass is 227 g/mol. The summed E-state index contributed by atoms with van der Waals surface area (Å²) < 4.78 is 6.81. The van der Waals surface area contributed by atoms with Crippen LogP contribution in [0.5, 0.6) is 0 Å². The van der Waals surface area contributed by atoms with Crippen molar-refractivity contribution in [1.29, 1.82) is 0 Å². The highest BCUT2D eigenvalue weighted by molar-refractivity contribution is 4.87. The molecule has 1 unspecified atom stereocenters. The number of hydrogen-bond donors (Lipinski definition) is 1. The molecule has 0 amide bonds. The van der Waals surface area contributed by atoms with Crippen molar-refractivity contribution in [2.24, 2.45) is 0 Å². The van der Waals surface area contributed by atoms with Crippen LogP contribution in [0.4, 0.5) is 0 Å². The lowest BCUT2D eigenvalue weighted by Crippen LogP contribution is -2.16. The third-order valence-electron chi connectivity index (χ3n) is 2.44. The lowest BCUT2D eigenvalue weighted by Gasteiger charge is -2.10. The van der Waals surface area contributed by atoms with Gasteiger partial charge in [-0.05, 0) is 19.3 Å². The first kappa shape index (κ1) is 13.1. The highest BCUT2D eigenvalue weighted by Gasteiger charge is 2.10. The van der Waals surface area contributed by atoms with Crippen LogP contribution in [-0.4, -0.2) is 39.7 Å². The van der Waals surface area contributed by atoms with E-state index < -0.39 is 0 Å². The van der Waals surface area contributed by atoms with E-state index >= 15 is 0 Å². The fraction of sp³-hybridized carbons (Fsp3) is 0.818. The Balaban J connectivity index is 2.36. The average molecular weight is 227 g/mol. The van der Waals surface area contributed by atoms with Crippen LogP contribution < -0.4 is 0 Å². The van der Waals surface area contributed by atoms with Crippen molar-refractivity contribution < 1.29 is 9.84 Å². The molecule has 0 fully saturated rings. The van der Waals surface area contributed by atoms with Crippen LogP contribution in [0.15, 0.2) is 6.33 Å². The predicted octanol–water partition coefficient (Wildman–Crippen LogP) is 1.02. The van der Waals surface area contributed by atoms with Gasteiger partial charge in [0.25, 0.3) is 0 Å². The topological polar surface area (TPSA) is 60.2 Å². The van der Waals surface area contributed by atoms with Crippen molar-refractivity contribution in [3.8, 4) is 0 Å². The van der Waals surface area contributed by atoms with Crippen molar-refractivity contribution in [2.75, 3.05) is 13.7 Å². The number of rotatable bonds is 8. The number of aryl methyl sites for hydroxylation is 1. The molecule has 0 aromatic carbocycles. The number of aromatic nitrogens is 3. The van der Waals surface area contributed by atoms with E-state index in [2.05, 4.69) is 17.0 Å². The summed E-state index contributed by atoms with van der Waals surface area (Å²) in [6.07, 6.45) is 4.41. The van der Waals surface area contributed by atoms with Crippen molar-refractivity contribution in [3.63, 3.8) is 0 Å². The van der Waals surface area contributed by atoms with Gasteiger partial charge in [0.1, 0.15) is 12.2 Å². The first-order valence-electron chi connectivity index (χ1n) is 5.81. The van der Waals surface area contributed by atoms with Gasteiger partial charge in [-0.3, -0.25) is 4.68 Å². The second-order valence-electron chi connectivity index (χ2n) is 3.89. The zero-order valence-corrected chi connectivity index (χ0v) is 10.1. The number of methoxy groups -OCH3 is 1. The molecule has 1 N–H and O–H groups in total. The van der Waals surface area contributed by atoms with E-state index in [-0.39, 0.29) is 6.10 Å². The van der Waals surface area contributed by atoms with Gasteiger partial charge in [-0.15, -0.1) is 0 Å². The van der Waals surface area contributed by atoms with Gasteiger partial charge in [-0.1, -0.05) is 6.92 Å². The van der Waals surface area contributed by atoms with Crippen LogP contribution in [0, 0.1) is 0 Å². The van der Waals surface area contributed by atoms with E-state index in [1.807, 2.05) is 4.68 Å². The van der Waals surface area contributed by atoms with E-state index in [4.69, 9.17) is 4.74 Å². The van der Waals surface area contributed by atoms with Gasteiger partial charge in [-0.2, -0.15) is 5.10 Å². The van der Waals surface area contributed by atoms with E-state index in [1.54, 1.807) is 13.4 Å². The Morgan fingerprint density at radius 2 is 2.38 bits per heavy atom. The molecule has 1 rings (SSSR count). The van der Waals surface area contributed by atoms with Crippen molar-refractivity contribution >= 4 is 0 Å². The summed E-state index contributed by atoms with van der Waals surface area (Å²) in [6.45, 7) is 3.65. The minimum absolute atomic E-state index is 0.352. The van der Waals surface area contributed by atoms with Gasteiger partial charge >= 0.3 is 0 Å². The minimum atomic E-state index is -0.352. The summed E-state index contributed by atoms with van der Waals surface area (Å²) in [5.74, 6) is 0.867. The Bertz CT molecular complexity index is 289. The fourth-order valence-electron chi connectivity index (χ4n) is 1.62. The Morgan fingerprint density at radius 1 is 1.56 bits per heavy atom. The van der Waals surface area contributed by atoms with Gasteiger partial charge in [0.15, 0.2) is 0 Å². The Morgan fingerprint density at radius 3 is 3.06 bits per heavy atom. The van der Waals surface area contributed by atoms with Crippen molar-refractivity contribution in [1.82, 2.24) is 14.8 Å². The zero-order chi connectivity index (χ0) is 11.8. The summed E-state index contributed by atoms with van der Waals surface area (Å²) in [4.78, 5) is 4.16. The van der Waals surface area contributed by atoms with Crippen LogP contribution in [0.2, 0.25) is 0 Å². The lowest BCUT2D eigenvalue weighted by molar-refractivity contribution is 0.132. The summed E-state index contributed by atoms with van der Waals surface area (Å²) in [6, 6.07) is 0. The highest BCUT2D eigenvalue weighted by Crippen LogP contribution is 2.05. The maximum absolute atomic E-state index is 9.80. The first-order chi connectivity index (χ1) is 7.77. The maximum Gasteiger partial charge on any atom is 0.138 e. The molecule has 0 aliphatic heterocycles. The van der Waals surface area contributed by atoms with Gasteiger partial charge in [0.05, 0.1) is 6.10 Å². The van der Waals surface area contributed by atoms with E-state index in [0.717, 1.165) is 31.6 Å². The van der Waals surface area contributed by atoms with Crippen LogP contribution in [-0.2, 0) is 17.7 Å². The highest BCUT2D eigenvalue weighted by atomic mass is 16.5. The molecule has 0 saturated carbocycles. The fourth-order valence-corrected chi connectivity index (χ4v) is 1.62. The van der Waals surface area contributed by atoms with Gasteiger partial charge in [0, 0.05) is 26.7 Å². The standard InChI is InChI=1S/C11H21N3O2/c1-3-6-14-11(12-9-13-14)8-10(15)5-4-7-16-2/h9-10,15H,3-8H2,1-2H3. The molecule has 1 aromatic heterocycles. The first-order valence-corrected chi connectivity index (χ1v) is 5.81. The summed E-state index contributed by atoms with van der Waals surface area (Å²) in [7, 11) is 1.67. The molecule has 1 atom stereocenters. The molecule has 1 heterocycles. The van der Waals surface area contributed by atoms with E-state index in [9.17, 15) is 5.11 Å². The number of ether oxygens (including phenoxy) is 1. The van der Waals surface area contributed by atoms with E-state index in [0.29, 0.717) is 13.0 Å². The van der Waals surface area contributed by atoms with Gasteiger partial charge in [-0.25, -0.2) is 4.98 Å². The largest absolute Gasteiger partial charge is 0.393 e. The number of hydrogen-bond acceptors (Lipinski definition) is 4. The third-order valence-corrected chi connectivity index (χ3v) is 2.44. The molecule has 0 spiro atoms. The average Bonchev–Trinajstić information content (AvgIpc) is 2.67. The summed E-state index contributed by atoms with van der Waals surface area (Å²) >= 11 is 0. The van der Waals surface area contributed by atoms with E-state index in [1.165, 1.54) is 0 Å². The second kappa shape index (κ2) is 7.35. The Kier molecular flexibility index (Phi) is 6.03. The normalized spacial score (nSPS) is 12.9. The quantitative estimate of drug-likeness (QED) is 0.674. The summed E-state index contributed by atoms with van der Waals surface area (Å²) in [5.41, 5.74) is 0. The van der Waals surface area contributed by atoms with Crippen LogP contribution >= 0.6 is 0 Å². The molecule has 0 aliphatic carbocycles. The molecular formula is C11H21N3O2. The molecule has 1 aromatic rings. The number of aliphatic hydroxyl groups excluding tert-OH is 1. The molecule has 5 nitrogen and oxygen atoms in total. The molecule has 0 aliphatic rings. The van der Waals surface area contributed by atoms with Crippen LogP contribution in [0.25, 0.3) is 0 Å². The number of nitrogens with zero attached hydrogens (tertiary/aromatic N) is 3. The molecule has 0 saturated heterocycles. The van der Waals surface area contributed by atoms with Crippen LogP contribution in [0.1, 0.15) is 32.0 Å².